The van der Waals surface area contributed by atoms with Crippen molar-refractivity contribution >= 4 is 0 Å². The molecule has 0 aliphatic heterocycles. The van der Waals surface area contributed by atoms with Crippen LogP contribution in [0, 0.1) is 11.8 Å². The highest BCUT2D eigenvalue weighted by Crippen LogP contribution is 2.28. The molecule has 0 amide bonds. The van der Waals surface area contributed by atoms with E-state index in [4.69, 9.17) is 4.74 Å². The van der Waals surface area contributed by atoms with Gasteiger partial charge in [0.1, 0.15) is 0 Å². The molecule has 13 heavy (non-hydrogen) atoms. The SMILES string of the molecule is COCCNC1CCC(C)CC1C. The van der Waals surface area contributed by atoms with E-state index < -0.39 is 0 Å². The number of methoxy groups -OCH3 is 1. The summed E-state index contributed by atoms with van der Waals surface area (Å²) >= 11 is 0. The minimum absolute atomic E-state index is 0.728. The molecule has 2 heteroatoms. The predicted octanol–water partition coefficient (Wildman–Crippen LogP) is 2.05. The lowest BCUT2D eigenvalue weighted by Crippen LogP contribution is -2.40. The Labute approximate surface area is 82.0 Å². The zero-order chi connectivity index (χ0) is 9.68. The van der Waals surface area contributed by atoms with E-state index in [1.165, 1.54) is 19.3 Å². The van der Waals surface area contributed by atoms with Crippen LogP contribution in [-0.2, 0) is 4.74 Å². The molecule has 0 radical (unpaired) electrons. The number of rotatable bonds is 4. The molecule has 1 aliphatic carbocycles. The van der Waals surface area contributed by atoms with Crippen molar-refractivity contribution < 1.29 is 4.74 Å². The summed E-state index contributed by atoms with van der Waals surface area (Å²) < 4.78 is 5.03. The van der Waals surface area contributed by atoms with E-state index in [0.29, 0.717) is 0 Å². The molecule has 0 saturated heterocycles. The first kappa shape index (κ1) is 11.0. The summed E-state index contributed by atoms with van der Waals surface area (Å²) in [5.74, 6) is 1.76. The van der Waals surface area contributed by atoms with Gasteiger partial charge >= 0.3 is 0 Å². The van der Waals surface area contributed by atoms with E-state index in [0.717, 1.165) is 31.0 Å². The molecule has 0 bridgehead atoms. The summed E-state index contributed by atoms with van der Waals surface area (Å²) in [4.78, 5) is 0. The first-order chi connectivity index (χ1) is 6.24. The Morgan fingerprint density at radius 1 is 1.31 bits per heavy atom. The van der Waals surface area contributed by atoms with Crippen molar-refractivity contribution in [3.63, 3.8) is 0 Å². The molecular formula is C11H23NO. The Balaban J connectivity index is 2.18. The van der Waals surface area contributed by atoms with Crippen LogP contribution in [0.25, 0.3) is 0 Å². The second-order valence-corrected chi connectivity index (χ2v) is 4.45. The molecule has 2 nitrogen and oxygen atoms in total. The maximum atomic E-state index is 5.03. The first-order valence-corrected chi connectivity index (χ1v) is 5.46. The van der Waals surface area contributed by atoms with Crippen molar-refractivity contribution in [3.05, 3.63) is 0 Å². The lowest BCUT2D eigenvalue weighted by atomic mass is 9.80. The molecular weight excluding hydrogens is 162 g/mol. The van der Waals surface area contributed by atoms with Crippen LogP contribution in [0.15, 0.2) is 0 Å². The molecule has 1 fully saturated rings. The maximum absolute atomic E-state index is 5.03. The topological polar surface area (TPSA) is 21.3 Å². The number of hydrogen-bond acceptors (Lipinski definition) is 2. The van der Waals surface area contributed by atoms with Gasteiger partial charge in [0.25, 0.3) is 0 Å². The summed E-state index contributed by atoms with van der Waals surface area (Å²) in [6.07, 6.45) is 4.10. The van der Waals surface area contributed by atoms with Crippen LogP contribution in [0.3, 0.4) is 0 Å². The molecule has 1 rings (SSSR count). The first-order valence-electron chi connectivity index (χ1n) is 5.46. The van der Waals surface area contributed by atoms with Crippen molar-refractivity contribution in [2.45, 2.75) is 39.2 Å². The average Bonchev–Trinajstić information content (AvgIpc) is 2.09. The van der Waals surface area contributed by atoms with Crippen molar-refractivity contribution in [1.29, 1.82) is 0 Å². The van der Waals surface area contributed by atoms with E-state index >= 15 is 0 Å². The summed E-state index contributed by atoms with van der Waals surface area (Å²) in [6, 6.07) is 0.728. The third-order valence-electron chi connectivity index (χ3n) is 3.14. The van der Waals surface area contributed by atoms with Gasteiger partial charge in [-0.25, -0.2) is 0 Å². The van der Waals surface area contributed by atoms with Crippen molar-refractivity contribution in [2.24, 2.45) is 11.8 Å². The Kier molecular flexibility index (Phi) is 4.74. The Bertz CT molecular complexity index is 138. The van der Waals surface area contributed by atoms with Gasteiger partial charge in [0.2, 0.25) is 0 Å². The van der Waals surface area contributed by atoms with Crippen LogP contribution in [0.5, 0.6) is 0 Å². The van der Waals surface area contributed by atoms with Crippen molar-refractivity contribution in [1.82, 2.24) is 5.32 Å². The molecule has 1 N–H and O–H groups in total. The van der Waals surface area contributed by atoms with Crippen LogP contribution in [-0.4, -0.2) is 26.3 Å². The minimum atomic E-state index is 0.728. The lowest BCUT2D eigenvalue weighted by molar-refractivity contribution is 0.175. The highest BCUT2D eigenvalue weighted by Gasteiger charge is 2.24. The second kappa shape index (κ2) is 5.61. The fraction of sp³-hybridized carbons (Fsp3) is 1.00. The molecule has 0 aromatic carbocycles. The lowest BCUT2D eigenvalue weighted by Gasteiger charge is -2.33. The van der Waals surface area contributed by atoms with Gasteiger partial charge in [0.15, 0.2) is 0 Å². The van der Waals surface area contributed by atoms with E-state index in [1.54, 1.807) is 7.11 Å². The zero-order valence-electron chi connectivity index (χ0n) is 9.18. The van der Waals surface area contributed by atoms with E-state index in [1.807, 2.05) is 0 Å². The maximum Gasteiger partial charge on any atom is 0.0587 e. The van der Waals surface area contributed by atoms with Gasteiger partial charge < -0.3 is 10.1 Å². The monoisotopic (exact) mass is 185 g/mol. The van der Waals surface area contributed by atoms with Crippen LogP contribution < -0.4 is 5.32 Å². The Morgan fingerprint density at radius 2 is 2.08 bits per heavy atom. The highest BCUT2D eigenvalue weighted by atomic mass is 16.5. The quantitative estimate of drug-likeness (QED) is 0.677. The number of nitrogens with one attached hydrogen (secondary N) is 1. The molecule has 1 aliphatic rings. The van der Waals surface area contributed by atoms with Crippen LogP contribution in [0.1, 0.15) is 33.1 Å². The highest BCUT2D eigenvalue weighted by molar-refractivity contribution is 4.80. The number of hydrogen-bond donors (Lipinski definition) is 1. The normalized spacial score (nSPS) is 34.8. The molecule has 0 spiro atoms. The fourth-order valence-electron chi connectivity index (χ4n) is 2.32. The van der Waals surface area contributed by atoms with Crippen molar-refractivity contribution in [3.8, 4) is 0 Å². The van der Waals surface area contributed by atoms with E-state index in [-0.39, 0.29) is 0 Å². The number of ether oxygens (including phenoxy) is 1. The van der Waals surface area contributed by atoms with Gasteiger partial charge in [0.05, 0.1) is 6.61 Å². The Morgan fingerprint density at radius 3 is 2.69 bits per heavy atom. The largest absolute Gasteiger partial charge is 0.383 e. The fourth-order valence-corrected chi connectivity index (χ4v) is 2.32. The van der Waals surface area contributed by atoms with Gasteiger partial charge in [-0.15, -0.1) is 0 Å². The molecule has 1 saturated carbocycles. The van der Waals surface area contributed by atoms with Gasteiger partial charge in [-0.2, -0.15) is 0 Å². The van der Waals surface area contributed by atoms with Gasteiger partial charge in [-0.3, -0.25) is 0 Å². The molecule has 3 atom stereocenters. The molecule has 78 valence electrons. The minimum Gasteiger partial charge on any atom is -0.383 e. The van der Waals surface area contributed by atoms with Crippen LogP contribution >= 0.6 is 0 Å². The standard InChI is InChI=1S/C11H23NO/c1-9-4-5-11(10(2)8-9)12-6-7-13-3/h9-12H,4-8H2,1-3H3. The molecule has 0 heterocycles. The van der Waals surface area contributed by atoms with E-state index in [9.17, 15) is 0 Å². The van der Waals surface area contributed by atoms with Crippen LogP contribution in [0.2, 0.25) is 0 Å². The smallest absolute Gasteiger partial charge is 0.0587 e. The Hall–Kier alpha value is -0.0800. The molecule has 3 unspecified atom stereocenters. The third-order valence-corrected chi connectivity index (χ3v) is 3.14. The summed E-state index contributed by atoms with van der Waals surface area (Å²) in [5, 5.41) is 3.57. The summed E-state index contributed by atoms with van der Waals surface area (Å²) in [5.41, 5.74) is 0. The van der Waals surface area contributed by atoms with Crippen LogP contribution in [0.4, 0.5) is 0 Å². The second-order valence-electron chi connectivity index (χ2n) is 4.45. The van der Waals surface area contributed by atoms with Gasteiger partial charge in [0, 0.05) is 19.7 Å². The molecule has 0 aromatic rings. The van der Waals surface area contributed by atoms with Gasteiger partial charge in [-0.05, 0) is 31.1 Å². The zero-order valence-corrected chi connectivity index (χ0v) is 9.18. The van der Waals surface area contributed by atoms with E-state index in [2.05, 4.69) is 19.2 Å². The third kappa shape index (κ3) is 3.65. The van der Waals surface area contributed by atoms with Crippen molar-refractivity contribution in [2.75, 3.05) is 20.3 Å². The average molecular weight is 185 g/mol. The summed E-state index contributed by atoms with van der Waals surface area (Å²) in [7, 11) is 1.76. The summed E-state index contributed by atoms with van der Waals surface area (Å²) in [6.45, 7) is 6.56. The predicted molar refractivity (Wildman–Crippen MR) is 55.8 cm³/mol. The molecule has 0 aromatic heterocycles. The van der Waals surface area contributed by atoms with Gasteiger partial charge in [-0.1, -0.05) is 13.8 Å².